The molecule has 3 atom stereocenters. The highest BCUT2D eigenvalue weighted by Gasteiger charge is 2.60. The lowest BCUT2D eigenvalue weighted by Crippen LogP contribution is -2.55. The van der Waals surface area contributed by atoms with Crippen LogP contribution in [-0.4, -0.2) is 26.1 Å². The van der Waals surface area contributed by atoms with Gasteiger partial charge in [0.25, 0.3) is 0 Å². The Morgan fingerprint density at radius 1 is 0.800 bits per heavy atom. The van der Waals surface area contributed by atoms with Gasteiger partial charge in [-0.1, -0.05) is 32.9 Å². The van der Waals surface area contributed by atoms with Crippen molar-refractivity contribution >= 4 is 18.5 Å². The molecule has 5 aliphatic rings. The van der Waals surface area contributed by atoms with Crippen molar-refractivity contribution in [2.45, 2.75) is 58.0 Å². The van der Waals surface area contributed by atoms with Crippen molar-refractivity contribution in [3.63, 3.8) is 0 Å². The summed E-state index contributed by atoms with van der Waals surface area (Å²) in [5.74, 6) is 5.25. The summed E-state index contributed by atoms with van der Waals surface area (Å²) in [5.41, 5.74) is 3.17. The molecule has 0 radical (unpaired) electrons. The van der Waals surface area contributed by atoms with Gasteiger partial charge in [-0.2, -0.15) is 0 Å². The molecule has 7 rings (SSSR count). The molecule has 4 nitrogen and oxygen atoms in total. The molecule has 0 saturated heterocycles. The van der Waals surface area contributed by atoms with Crippen molar-refractivity contribution in [2.24, 2.45) is 40.4 Å². The van der Waals surface area contributed by atoms with Crippen molar-refractivity contribution in [3.8, 4) is 0 Å². The number of allylic oxidation sites excluding steroid dienone is 4. The number of hydrogen-bond donors (Lipinski definition) is 0. The molecule has 35 heavy (non-hydrogen) atoms. The second-order valence-electron chi connectivity index (χ2n) is 12.6. The Morgan fingerprint density at radius 2 is 1.29 bits per heavy atom. The highest BCUT2D eigenvalue weighted by molar-refractivity contribution is 7.19. The summed E-state index contributed by atoms with van der Waals surface area (Å²) in [6.45, 7) is 7.08. The van der Waals surface area contributed by atoms with Crippen LogP contribution >= 0.6 is 18.5 Å². The van der Waals surface area contributed by atoms with E-state index in [4.69, 9.17) is 19.9 Å². The van der Waals surface area contributed by atoms with E-state index in [2.05, 4.69) is 51.4 Å². The molecule has 2 aromatic rings. The Labute approximate surface area is 214 Å². The van der Waals surface area contributed by atoms with Gasteiger partial charge in [0.2, 0.25) is 0 Å². The van der Waals surface area contributed by atoms with Gasteiger partial charge in [-0.25, -0.2) is 19.9 Å². The van der Waals surface area contributed by atoms with Gasteiger partial charge < -0.3 is 0 Å². The first-order chi connectivity index (χ1) is 16.8. The smallest absolute Gasteiger partial charge is 0.150 e. The van der Waals surface area contributed by atoms with E-state index in [1.165, 1.54) is 43.3 Å². The predicted molar refractivity (Wildman–Crippen MR) is 148 cm³/mol. The average molecular weight is 505 g/mol. The zero-order chi connectivity index (χ0) is 24.4. The van der Waals surface area contributed by atoms with Crippen LogP contribution < -0.4 is 0 Å². The van der Waals surface area contributed by atoms with Crippen LogP contribution in [0.1, 0.15) is 64.5 Å². The number of rotatable bonds is 5. The molecule has 4 fully saturated rings. The molecule has 2 aromatic heterocycles. The summed E-state index contributed by atoms with van der Waals surface area (Å²) < 4.78 is 0. The quantitative estimate of drug-likeness (QED) is 0.453. The third-order valence-corrected chi connectivity index (χ3v) is 11.2. The monoisotopic (exact) mass is 504 g/mol. The first-order valence-electron chi connectivity index (χ1n) is 13.3. The maximum absolute atomic E-state index is 4.79. The minimum atomic E-state index is -0.685. The number of nitrogens with zero attached hydrogens (tertiary/aromatic N) is 4. The van der Waals surface area contributed by atoms with Crippen molar-refractivity contribution in [3.05, 3.63) is 71.9 Å². The standard InChI is InChI=1S/C29H38N4P2/c1-27(2,3)20-15-23(28(17-34)21-11-18-10-19(13-21)14-22(28)12-18)24(16-20)29(35,25-30-6-4-7-31-25)26-32-8-5-9-33-26/h4-9,15-16,18-22H,10-14,17,34-35H2,1-3H3. The van der Waals surface area contributed by atoms with E-state index < -0.39 is 5.16 Å². The highest BCUT2D eigenvalue weighted by atomic mass is 31.0. The van der Waals surface area contributed by atoms with Crippen molar-refractivity contribution < 1.29 is 0 Å². The lowest BCUT2D eigenvalue weighted by molar-refractivity contribution is -0.0737. The van der Waals surface area contributed by atoms with Crippen molar-refractivity contribution in [2.75, 3.05) is 6.16 Å². The first kappa shape index (κ1) is 23.9. The second kappa shape index (κ2) is 8.53. The number of hydrogen-bond acceptors (Lipinski definition) is 4. The zero-order valence-corrected chi connectivity index (χ0v) is 23.5. The Morgan fingerprint density at radius 3 is 1.71 bits per heavy atom. The average Bonchev–Trinajstić information content (AvgIpc) is 3.32. The third-order valence-electron chi connectivity index (χ3n) is 9.68. The summed E-state index contributed by atoms with van der Waals surface area (Å²) >= 11 is 0. The van der Waals surface area contributed by atoms with Crippen molar-refractivity contribution in [1.82, 2.24) is 19.9 Å². The minimum absolute atomic E-state index is 0.127. The van der Waals surface area contributed by atoms with Gasteiger partial charge in [-0.3, -0.25) is 0 Å². The van der Waals surface area contributed by atoms with E-state index in [-0.39, 0.29) is 10.8 Å². The summed E-state index contributed by atoms with van der Waals surface area (Å²) in [6, 6.07) is 3.78. The number of aromatic nitrogens is 4. The van der Waals surface area contributed by atoms with Crippen molar-refractivity contribution in [1.29, 1.82) is 0 Å². The van der Waals surface area contributed by atoms with E-state index in [0.29, 0.717) is 5.92 Å². The van der Waals surface area contributed by atoms with Gasteiger partial charge in [0.05, 0.1) is 0 Å². The van der Waals surface area contributed by atoms with E-state index in [0.717, 1.165) is 41.5 Å². The fourth-order valence-electron chi connectivity index (χ4n) is 8.09. The summed E-state index contributed by atoms with van der Waals surface area (Å²) in [5, 5.41) is -0.685. The first-order valence-corrected chi connectivity index (χ1v) is 14.6. The molecule has 0 aromatic carbocycles. The van der Waals surface area contributed by atoms with Crippen LogP contribution in [0.15, 0.2) is 60.2 Å². The minimum Gasteiger partial charge on any atom is -0.240 e. The molecule has 4 saturated carbocycles. The van der Waals surface area contributed by atoms with Crippen LogP contribution in [0.3, 0.4) is 0 Å². The molecule has 0 amide bonds. The zero-order valence-electron chi connectivity index (χ0n) is 21.2. The normalized spacial score (nSPS) is 34.1. The van der Waals surface area contributed by atoms with Gasteiger partial charge in [0.15, 0.2) is 0 Å². The van der Waals surface area contributed by atoms with E-state index in [1.807, 2.05) is 36.9 Å². The molecule has 0 aliphatic heterocycles. The lowest BCUT2D eigenvalue weighted by Gasteiger charge is -2.62. The van der Waals surface area contributed by atoms with Gasteiger partial charge in [-0.15, -0.1) is 18.5 Å². The van der Waals surface area contributed by atoms with Gasteiger partial charge in [0, 0.05) is 36.1 Å². The molecule has 0 spiro atoms. The fourth-order valence-corrected chi connectivity index (χ4v) is 9.53. The Hall–Kier alpha value is -1.50. The Bertz CT molecular complexity index is 1080. The van der Waals surface area contributed by atoms with E-state index in [9.17, 15) is 0 Å². The summed E-state index contributed by atoms with van der Waals surface area (Å²) in [4.78, 5) is 19.2. The predicted octanol–water partition coefficient (Wildman–Crippen LogP) is 6.23. The molecular formula is C29H38N4P2. The van der Waals surface area contributed by atoms with Crippen LogP contribution in [0.5, 0.6) is 0 Å². The van der Waals surface area contributed by atoms with Crippen LogP contribution in [0, 0.1) is 40.4 Å². The van der Waals surface area contributed by atoms with E-state index >= 15 is 0 Å². The largest absolute Gasteiger partial charge is 0.240 e. The van der Waals surface area contributed by atoms with Crippen LogP contribution in [0.2, 0.25) is 0 Å². The molecule has 184 valence electrons. The maximum Gasteiger partial charge on any atom is 0.150 e. The maximum atomic E-state index is 4.79. The molecule has 6 heteroatoms. The third kappa shape index (κ3) is 3.61. The molecule has 0 N–H and O–H groups in total. The Kier molecular flexibility index (Phi) is 5.82. The molecule has 2 heterocycles. The van der Waals surface area contributed by atoms with Gasteiger partial charge in [-0.05, 0) is 90.6 Å². The van der Waals surface area contributed by atoms with Gasteiger partial charge in [0.1, 0.15) is 16.8 Å². The van der Waals surface area contributed by atoms with Crippen LogP contribution in [0.4, 0.5) is 0 Å². The fraction of sp³-hybridized carbons (Fsp3) is 0.586. The Balaban J connectivity index is 1.57. The van der Waals surface area contributed by atoms with Gasteiger partial charge >= 0.3 is 0 Å². The topological polar surface area (TPSA) is 51.6 Å². The second-order valence-corrected chi connectivity index (χ2v) is 13.8. The SMILES string of the molecule is CC(C)(C)C1C=C(C(P)(c2ncccn2)c2ncccn2)C(C2(CP)C3CC4CC(C3)CC2C4)=C1. The van der Waals surface area contributed by atoms with Crippen LogP contribution in [0.25, 0.3) is 0 Å². The lowest BCUT2D eigenvalue weighted by atomic mass is 9.43. The molecule has 3 unspecified atom stereocenters. The molecule has 5 aliphatic carbocycles. The highest BCUT2D eigenvalue weighted by Crippen LogP contribution is 2.68. The van der Waals surface area contributed by atoms with E-state index in [1.54, 1.807) is 0 Å². The van der Waals surface area contributed by atoms with Crippen LogP contribution in [-0.2, 0) is 5.16 Å². The molecule has 4 bridgehead atoms. The summed E-state index contributed by atoms with van der Waals surface area (Å²) in [7, 11) is 6.32. The molecular weight excluding hydrogens is 466 g/mol. The summed E-state index contributed by atoms with van der Waals surface area (Å²) in [6.07, 6.45) is 20.7.